The molecular weight excluding hydrogens is 356 g/mol. The van der Waals surface area contributed by atoms with Crippen LogP contribution in [0.3, 0.4) is 0 Å². The molecule has 2 unspecified atom stereocenters. The lowest BCUT2D eigenvalue weighted by atomic mass is 9.94. The first-order valence-electron chi connectivity index (χ1n) is 10.1. The maximum atomic E-state index is 4.93. The Morgan fingerprint density at radius 2 is 1.86 bits per heavy atom. The van der Waals surface area contributed by atoms with Gasteiger partial charge in [-0.15, -0.1) is 0 Å². The normalized spacial score (nSPS) is 19.9. The predicted octanol–water partition coefficient (Wildman–Crippen LogP) is 5.03. The number of para-hydroxylation sites is 1. The van der Waals surface area contributed by atoms with Gasteiger partial charge >= 0.3 is 0 Å². The van der Waals surface area contributed by atoms with Gasteiger partial charge in [-0.3, -0.25) is 4.98 Å². The van der Waals surface area contributed by atoms with Crippen molar-refractivity contribution < 1.29 is 0 Å². The first-order chi connectivity index (χ1) is 14.4. The van der Waals surface area contributed by atoms with E-state index in [2.05, 4.69) is 82.0 Å². The minimum Gasteiger partial charge on any atom is -0.369 e. The molecule has 0 radical (unpaired) electrons. The van der Waals surface area contributed by atoms with E-state index < -0.39 is 0 Å². The standard InChI is InChI=1S/C25H20N4/c1-2-7-23-18(4-1)8-9-24(28-23)21-14-25(21)29-13-11-17-5-3-6-20(22(17)16-29)19-10-12-26-27-15-19/h1-13,15,21,25H,14,16H2. The highest BCUT2D eigenvalue weighted by atomic mass is 15.2. The summed E-state index contributed by atoms with van der Waals surface area (Å²) in [4.78, 5) is 7.40. The summed E-state index contributed by atoms with van der Waals surface area (Å²) in [6.45, 7) is 0.916. The van der Waals surface area contributed by atoms with E-state index in [0.717, 1.165) is 24.0 Å². The molecule has 140 valence electrons. The fraction of sp³-hybridized carbons (Fsp3) is 0.160. The molecule has 0 amide bonds. The van der Waals surface area contributed by atoms with Crippen molar-refractivity contribution in [1.29, 1.82) is 0 Å². The number of nitrogens with zero attached hydrogens (tertiary/aromatic N) is 4. The minimum absolute atomic E-state index is 0.501. The smallest absolute Gasteiger partial charge is 0.0705 e. The fourth-order valence-corrected chi connectivity index (χ4v) is 4.45. The Hall–Kier alpha value is -3.53. The van der Waals surface area contributed by atoms with Crippen molar-refractivity contribution in [3.8, 4) is 11.1 Å². The van der Waals surface area contributed by atoms with Crippen LogP contribution in [-0.2, 0) is 6.54 Å². The van der Waals surface area contributed by atoms with Gasteiger partial charge in [0, 0.05) is 41.3 Å². The molecule has 0 bridgehead atoms. The Morgan fingerprint density at radius 1 is 0.897 bits per heavy atom. The molecule has 0 N–H and O–H groups in total. The molecule has 0 spiro atoms. The molecular formula is C25H20N4. The highest BCUT2D eigenvalue weighted by Crippen LogP contribution is 2.46. The van der Waals surface area contributed by atoms with E-state index in [9.17, 15) is 0 Å². The first-order valence-corrected chi connectivity index (χ1v) is 10.1. The number of fused-ring (bicyclic) bond motifs is 2. The molecule has 1 aliphatic carbocycles. The van der Waals surface area contributed by atoms with Crippen molar-refractivity contribution in [3.05, 3.63) is 96.1 Å². The summed E-state index contributed by atoms with van der Waals surface area (Å²) in [6.07, 6.45) is 9.25. The van der Waals surface area contributed by atoms with Crippen LogP contribution in [0.1, 0.15) is 29.2 Å². The second-order valence-corrected chi connectivity index (χ2v) is 7.83. The van der Waals surface area contributed by atoms with Gasteiger partial charge in [0.2, 0.25) is 0 Å². The third-order valence-corrected chi connectivity index (χ3v) is 6.08. The third kappa shape index (κ3) is 2.88. The van der Waals surface area contributed by atoms with E-state index in [1.165, 1.54) is 27.8 Å². The van der Waals surface area contributed by atoms with Gasteiger partial charge in [0.25, 0.3) is 0 Å². The summed E-state index contributed by atoms with van der Waals surface area (Å²) in [6, 6.07) is 21.8. The van der Waals surface area contributed by atoms with Crippen molar-refractivity contribution in [2.24, 2.45) is 0 Å². The van der Waals surface area contributed by atoms with Crippen molar-refractivity contribution >= 4 is 17.0 Å². The van der Waals surface area contributed by atoms with Crippen LogP contribution < -0.4 is 0 Å². The van der Waals surface area contributed by atoms with Gasteiger partial charge in [0.1, 0.15) is 0 Å². The molecule has 29 heavy (non-hydrogen) atoms. The fourth-order valence-electron chi connectivity index (χ4n) is 4.45. The monoisotopic (exact) mass is 376 g/mol. The second-order valence-electron chi connectivity index (χ2n) is 7.83. The zero-order chi connectivity index (χ0) is 19.2. The molecule has 2 aliphatic rings. The molecule has 4 aromatic rings. The van der Waals surface area contributed by atoms with E-state index in [1.807, 2.05) is 12.3 Å². The first kappa shape index (κ1) is 16.4. The van der Waals surface area contributed by atoms with Crippen molar-refractivity contribution in [2.45, 2.75) is 24.9 Å². The third-order valence-electron chi connectivity index (χ3n) is 6.08. The molecule has 0 saturated heterocycles. The SMILES string of the molecule is C1=CN(C2CC2c2ccc3ccccc3n2)Cc2c1cccc2-c1ccnnc1. The second kappa shape index (κ2) is 6.52. The Balaban J connectivity index is 1.28. The van der Waals surface area contributed by atoms with Gasteiger partial charge in [-0.2, -0.15) is 10.2 Å². The van der Waals surface area contributed by atoms with Crippen LogP contribution in [0.25, 0.3) is 28.1 Å². The number of benzene rings is 2. The predicted molar refractivity (Wildman–Crippen MR) is 115 cm³/mol. The molecule has 6 rings (SSSR count). The molecule has 3 heterocycles. The van der Waals surface area contributed by atoms with Crippen LogP contribution >= 0.6 is 0 Å². The lowest BCUT2D eigenvalue weighted by Crippen LogP contribution is -2.24. The largest absolute Gasteiger partial charge is 0.369 e. The van der Waals surface area contributed by atoms with Gasteiger partial charge in [-0.1, -0.05) is 42.5 Å². The van der Waals surface area contributed by atoms with E-state index in [-0.39, 0.29) is 0 Å². The highest BCUT2D eigenvalue weighted by Gasteiger charge is 2.43. The molecule has 4 heteroatoms. The minimum atomic E-state index is 0.501. The van der Waals surface area contributed by atoms with E-state index in [0.29, 0.717) is 12.0 Å². The number of rotatable bonds is 3. The van der Waals surface area contributed by atoms with E-state index >= 15 is 0 Å². The molecule has 1 saturated carbocycles. The number of hydrogen-bond donors (Lipinski definition) is 0. The van der Waals surface area contributed by atoms with E-state index in [4.69, 9.17) is 4.98 Å². The van der Waals surface area contributed by atoms with Crippen molar-refractivity contribution in [3.63, 3.8) is 0 Å². The van der Waals surface area contributed by atoms with Crippen LogP contribution in [0, 0.1) is 0 Å². The molecule has 2 atom stereocenters. The van der Waals surface area contributed by atoms with Crippen LogP contribution in [-0.4, -0.2) is 26.1 Å². The van der Waals surface area contributed by atoms with E-state index in [1.54, 1.807) is 6.20 Å². The van der Waals surface area contributed by atoms with Crippen molar-refractivity contribution in [1.82, 2.24) is 20.1 Å². The molecule has 4 nitrogen and oxygen atoms in total. The van der Waals surface area contributed by atoms with Crippen LogP contribution in [0.5, 0.6) is 0 Å². The van der Waals surface area contributed by atoms with Crippen LogP contribution in [0.2, 0.25) is 0 Å². The summed E-state index contributed by atoms with van der Waals surface area (Å²) < 4.78 is 0. The summed E-state index contributed by atoms with van der Waals surface area (Å²) in [5, 5.41) is 9.19. The zero-order valence-corrected chi connectivity index (χ0v) is 15.9. The molecule has 2 aromatic heterocycles. The number of hydrogen-bond acceptors (Lipinski definition) is 4. The molecule has 1 aliphatic heterocycles. The topological polar surface area (TPSA) is 41.9 Å². The van der Waals surface area contributed by atoms with Crippen LogP contribution in [0.4, 0.5) is 0 Å². The zero-order valence-electron chi connectivity index (χ0n) is 15.9. The quantitative estimate of drug-likeness (QED) is 0.503. The summed E-state index contributed by atoms with van der Waals surface area (Å²) in [5.41, 5.74) is 7.31. The summed E-state index contributed by atoms with van der Waals surface area (Å²) in [7, 11) is 0. The summed E-state index contributed by atoms with van der Waals surface area (Å²) in [5.74, 6) is 0.501. The Kier molecular flexibility index (Phi) is 3.69. The van der Waals surface area contributed by atoms with Gasteiger partial charge in [0.05, 0.1) is 17.9 Å². The number of pyridine rings is 1. The summed E-state index contributed by atoms with van der Waals surface area (Å²) >= 11 is 0. The van der Waals surface area contributed by atoms with Crippen LogP contribution in [0.15, 0.2) is 79.3 Å². The lowest BCUT2D eigenvalue weighted by Gasteiger charge is -2.27. The molecule has 2 aromatic carbocycles. The van der Waals surface area contributed by atoms with Gasteiger partial charge < -0.3 is 4.90 Å². The highest BCUT2D eigenvalue weighted by molar-refractivity contribution is 5.78. The van der Waals surface area contributed by atoms with Crippen molar-refractivity contribution in [2.75, 3.05) is 0 Å². The Labute approximate surface area is 169 Å². The Morgan fingerprint density at radius 3 is 2.79 bits per heavy atom. The number of aromatic nitrogens is 3. The van der Waals surface area contributed by atoms with Gasteiger partial charge in [0.15, 0.2) is 0 Å². The van der Waals surface area contributed by atoms with Gasteiger partial charge in [-0.25, -0.2) is 0 Å². The van der Waals surface area contributed by atoms with Gasteiger partial charge in [-0.05, 0) is 47.4 Å². The average molecular weight is 376 g/mol. The molecule has 1 fully saturated rings. The maximum Gasteiger partial charge on any atom is 0.0705 e. The Bertz CT molecular complexity index is 1230. The maximum absolute atomic E-state index is 4.93. The average Bonchev–Trinajstić information content (AvgIpc) is 3.60. The lowest BCUT2D eigenvalue weighted by molar-refractivity contribution is 0.350.